The van der Waals surface area contributed by atoms with Gasteiger partial charge in [-0.1, -0.05) is 72.8 Å². The van der Waals surface area contributed by atoms with E-state index in [0.29, 0.717) is 33.4 Å². The molecular weight excluding hydrogens is 531 g/mol. The topological polar surface area (TPSA) is 103 Å². The molecule has 0 unspecified atom stereocenters. The average Bonchev–Trinajstić information content (AvgIpc) is 3.13. The van der Waals surface area contributed by atoms with Crippen LogP contribution < -0.4 is 9.05 Å². The highest BCUT2D eigenvalue weighted by atomic mass is 31.2. The van der Waals surface area contributed by atoms with Gasteiger partial charge in [-0.25, -0.2) is 4.57 Å². The summed E-state index contributed by atoms with van der Waals surface area (Å²) in [5, 5.41) is 22.1. The molecule has 1 heterocycles. The molecule has 41 heavy (non-hydrogen) atoms. The minimum atomic E-state index is -4.68. The molecule has 0 fully saturated rings. The number of phosphoric ester groups is 1. The van der Waals surface area contributed by atoms with Crippen molar-refractivity contribution in [1.82, 2.24) is 0 Å². The van der Waals surface area contributed by atoms with E-state index in [-0.39, 0.29) is 11.5 Å². The summed E-state index contributed by atoms with van der Waals surface area (Å²) in [6.07, 6.45) is 0. The smallest absolute Gasteiger partial charge is 0.394 e. The van der Waals surface area contributed by atoms with Gasteiger partial charge in [0.05, 0.1) is 23.3 Å². The normalized spacial score (nSPS) is 13.1. The lowest BCUT2D eigenvalue weighted by Crippen LogP contribution is -2.00. The summed E-state index contributed by atoms with van der Waals surface area (Å²) in [5.41, 5.74) is 4.92. The van der Waals surface area contributed by atoms with E-state index in [0.717, 1.165) is 32.7 Å². The fourth-order valence-electron chi connectivity index (χ4n) is 5.47. The Labute approximate surface area is 235 Å². The van der Waals surface area contributed by atoms with Crippen LogP contribution >= 0.6 is 7.82 Å². The van der Waals surface area contributed by atoms with Crippen LogP contribution in [-0.4, -0.2) is 4.89 Å². The number of rotatable bonds is 2. The summed E-state index contributed by atoms with van der Waals surface area (Å²) in [6, 6.07) is 37.7. The van der Waals surface area contributed by atoms with Gasteiger partial charge < -0.3 is 9.05 Å². The van der Waals surface area contributed by atoms with E-state index >= 15 is 0 Å². The molecule has 1 aliphatic heterocycles. The van der Waals surface area contributed by atoms with Gasteiger partial charge >= 0.3 is 7.82 Å². The fraction of sp³-hybridized carbons (Fsp3) is 0. The van der Waals surface area contributed by atoms with Gasteiger partial charge in [-0.3, -0.25) is 4.89 Å². The van der Waals surface area contributed by atoms with Crippen LogP contribution in [0.15, 0.2) is 109 Å². The van der Waals surface area contributed by atoms with E-state index in [4.69, 9.17) is 9.05 Å². The molecule has 6 nitrogen and oxygen atoms in total. The van der Waals surface area contributed by atoms with Gasteiger partial charge in [0.2, 0.25) is 0 Å². The predicted octanol–water partition coefficient (Wildman–Crippen LogP) is 8.61. The standard InChI is InChI=1S/C34H19N2O4P/c35-19-21-9-13-23(14-10-21)29-17-25-5-1-3-7-27(25)31-32-28-8-4-2-6-26(28)18-30(24-15-11-22(20-36)12-16-24)34(32)40-41(37,38)39-33(29)31/h1-18H,(H,37,38). The molecule has 0 saturated heterocycles. The summed E-state index contributed by atoms with van der Waals surface area (Å²) in [7, 11) is -4.68. The highest BCUT2D eigenvalue weighted by Gasteiger charge is 2.37. The van der Waals surface area contributed by atoms with Gasteiger partial charge in [0, 0.05) is 22.3 Å². The van der Waals surface area contributed by atoms with E-state index in [2.05, 4.69) is 12.1 Å². The van der Waals surface area contributed by atoms with Crippen molar-refractivity contribution in [2.24, 2.45) is 0 Å². The number of nitriles is 2. The maximum atomic E-state index is 13.6. The molecule has 6 aromatic carbocycles. The summed E-state index contributed by atoms with van der Waals surface area (Å²) < 4.78 is 25.5. The first-order chi connectivity index (χ1) is 20.0. The van der Waals surface area contributed by atoms with Gasteiger partial charge in [-0.15, -0.1) is 0 Å². The van der Waals surface area contributed by atoms with E-state index in [9.17, 15) is 20.0 Å². The zero-order valence-electron chi connectivity index (χ0n) is 21.4. The first-order valence-electron chi connectivity index (χ1n) is 12.8. The van der Waals surface area contributed by atoms with Gasteiger partial charge in [-0.05, 0) is 69.1 Å². The van der Waals surface area contributed by atoms with Gasteiger partial charge in [0.1, 0.15) is 11.5 Å². The third-order valence-electron chi connectivity index (χ3n) is 7.32. The largest absolute Gasteiger partial charge is 0.584 e. The van der Waals surface area contributed by atoms with E-state index in [1.807, 2.05) is 60.7 Å². The highest BCUT2D eigenvalue weighted by molar-refractivity contribution is 7.48. The molecule has 1 aliphatic rings. The Hall–Kier alpha value is -5.39. The van der Waals surface area contributed by atoms with Crippen molar-refractivity contribution in [2.45, 2.75) is 0 Å². The average molecular weight is 551 g/mol. The van der Waals surface area contributed by atoms with Crippen molar-refractivity contribution < 1.29 is 18.5 Å². The molecule has 0 spiro atoms. The Morgan fingerprint density at radius 1 is 0.585 bits per heavy atom. The van der Waals surface area contributed by atoms with Crippen molar-refractivity contribution in [2.75, 3.05) is 0 Å². The zero-order chi connectivity index (χ0) is 28.1. The van der Waals surface area contributed by atoms with Crippen LogP contribution in [0.5, 0.6) is 11.5 Å². The third kappa shape index (κ3) is 4.11. The monoisotopic (exact) mass is 550 g/mol. The van der Waals surface area contributed by atoms with Crippen molar-refractivity contribution in [1.29, 1.82) is 10.5 Å². The van der Waals surface area contributed by atoms with E-state index in [1.54, 1.807) is 48.5 Å². The molecule has 7 rings (SSSR count). The lowest BCUT2D eigenvalue weighted by molar-refractivity contribution is 0.295. The maximum absolute atomic E-state index is 13.6. The van der Waals surface area contributed by atoms with Crippen molar-refractivity contribution in [3.63, 3.8) is 0 Å². The van der Waals surface area contributed by atoms with Crippen LogP contribution in [0.4, 0.5) is 0 Å². The number of nitrogens with zero attached hydrogens (tertiary/aromatic N) is 2. The summed E-state index contributed by atoms with van der Waals surface area (Å²) in [5.74, 6) is 0.445. The Balaban J connectivity index is 1.66. The number of hydrogen-bond donors (Lipinski definition) is 1. The number of benzene rings is 6. The quantitative estimate of drug-likeness (QED) is 0.217. The summed E-state index contributed by atoms with van der Waals surface area (Å²) >= 11 is 0. The van der Waals surface area contributed by atoms with Gasteiger partial charge in [-0.2, -0.15) is 10.5 Å². The molecule has 0 aliphatic carbocycles. The van der Waals surface area contributed by atoms with Crippen LogP contribution in [0.3, 0.4) is 0 Å². The Bertz CT molecular complexity index is 2010. The first kappa shape index (κ1) is 24.6. The molecular formula is C34H19N2O4P. The van der Waals surface area contributed by atoms with Crippen LogP contribution in [0, 0.1) is 22.7 Å². The molecule has 0 radical (unpaired) electrons. The molecule has 7 heteroatoms. The third-order valence-corrected chi connectivity index (χ3v) is 8.14. The summed E-state index contributed by atoms with van der Waals surface area (Å²) in [4.78, 5) is 11.1. The van der Waals surface area contributed by atoms with Crippen LogP contribution in [0.2, 0.25) is 0 Å². The van der Waals surface area contributed by atoms with E-state index in [1.165, 1.54) is 0 Å². The van der Waals surface area contributed by atoms with Gasteiger partial charge in [0.25, 0.3) is 0 Å². The van der Waals surface area contributed by atoms with Crippen LogP contribution in [-0.2, 0) is 4.57 Å². The fourth-order valence-corrected chi connectivity index (χ4v) is 6.35. The highest BCUT2D eigenvalue weighted by Crippen LogP contribution is 2.61. The Kier molecular flexibility index (Phi) is 5.63. The van der Waals surface area contributed by atoms with Crippen molar-refractivity contribution in [3.05, 3.63) is 120 Å². The first-order valence-corrected chi connectivity index (χ1v) is 14.3. The molecule has 0 bridgehead atoms. The van der Waals surface area contributed by atoms with E-state index < -0.39 is 7.82 Å². The SMILES string of the molecule is N#Cc1ccc(-c2cc3ccccc3c3c2OP(=O)(O)Oc2c(-c4ccc(C#N)cc4)cc4ccccc4c2-3)cc1. The molecule has 6 aromatic rings. The minimum absolute atomic E-state index is 0.222. The molecule has 0 amide bonds. The second-order valence-corrected chi connectivity index (χ2v) is 11.0. The molecule has 0 atom stereocenters. The number of hydrogen-bond acceptors (Lipinski definition) is 5. The second-order valence-electron chi connectivity index (χ2n) is 9.73. The van der Waals surface area contributed by atoms with Crippen molar-refractivity contribution >= 4 is 29.4 Å². The Morgan fingerprint density at radius 2 is 0.976 bits per heavy atom. The second kappa shape index (κ2) is 9.37. The number of fused-ring (bicyclic) bond motifs is 7. The molecule has 0 saturated carbocycles. The lowest BCUT2D eigenvalue weighted by Gasteiger charge is -2.18. The maximum Gasteiger partial charge on any atom is 0.584 e. The predicted molar refractivity (Wildman–Crippen MR) is 158 cm³/mol. The Morgan fingerprint density at radius 3 is 1.37 bits per heavy atom. The number of phosphoric acid groups is 1. The summed E-state index contributed by atoms with van der Waals surface area (Å²) in [6.45, 7) is 0. The lowest BCUT2D eigenvalue weighted by atomic mass is 9.86. The van der Waals surface area contributed by atoms with Crippen molar-refractivity contribution in [3.8, 4) is 57.0 Å². The minimum Gasteiger partial charge on any atom is -0.394 e. The van der Waals surface area contributed by atoms with Gasteiger partial charge in [0.15, 0.2) is 0 Å². The zero-order valence-corrected chi connectivity index (χ0v) is 22.3. The molecule has 1 N–H and O–H groups in total. The van der Waals surface area contributed by atoms with Crippen LogP contribution in [0.1, 0.15) is 11.1 Å². The van der Waals surface area contributed by atoms with Crippen LogP contribution in [0.25, 0.3) is 54.9 Å². The molecule has 194 valence electrons. The molecule has 0 aromatic heterocycles.